The first-order chi connectivity index (χ1) is 15.7. The van der Waals surface area contributed by atoms with Crippen molar-refractivity contribution in [2.75, 3.05) is 64.4 Å². The average molecular weight is 451 g/mol. The van der Waals surface area contributed by atoms with Crippen LogP contribution < -0.4 is 4.90 Å². The van der Waals surface area contributed by atoms with Crippen LogP contribution in [0.25, 0.3) is 32.6 Å². The fraction of sp³-hybridized carbons (Fsp3) is 0.455. The van der Waals surface area contributed by atoms with Gasteiger partial charge in [-0.1, -0.05) is 0 Å². The van der Waals surface area contributed by atoms with Gasteiger partial charge in [0, 0.05) is 50.2 Å². The van der Waals surface area contributed by atoms with E-state index in [-0.39, 0.29) is 0 Å². The molecule has 4 aromatic rings. The minimum absolute atomic E-state index is 0.707. The first-order valence-corrected chi connectivity index (χ1v) is 11.9. The lowest BCUT2D eigenvalue weighted by molar-refractivity contribution is 0.122. The predicted molar refractivity (Wildman–Crippen MR) is 126 cm³/mol. The zero-order valence-corrected chi connectivity index (χ0v) is 18.9. The molecule has 3 aromatic heterocycles. The van der Waals surface area contributed by atoms with Gasteiger partial charge in [-0.2, -0.15) is 5.10 Å². The van der Waals surface area contributed by atoms with Crippen molar-refractivity contribution in [1.82, 2.24) is 34.9 Å². The lowest BCUT2D eigenvalue weighted by Gasteiger charge is -2.31. The standard InChI is InChI=1S/C22H26N8OS/c1-28-4-6-29(7-5-28)14-18-24-21-19(32-18)22(30-8-10-31-11-9-30)26-20(25-21)15-2-3-17-16(12-15)13-23-27-17/h2-3,12-13H,4-11,14H2,1H3,(H,23,27). The van der Waals surface area contributed by atoms with Gasteiger partial charge in [-0.15, -0.1) is 11.3 Å². The highest BCUT2D eigenvalue weighted by Crippen LogP contribution is 2.33. The number of aromatic nitrogens is 5. The summed E-state index contributed by atoms with van der Waals surface area (Å²) in [6.45, 7) is 8.32. The van der Waals surface area contributed by atoms with E-state index in [1.54, 1.807) is 11.3 Å². The Labute approximate surface area is 190 Å². The van der Waals surface area contributed by atoms with Gasteiger partial charge in [-0.05, 0) is 25.2 Å². The van der Waals surface area contributed by atoms with Crippen LogP contribution in [0.4, 0.5) is 5.82 Å². The molecule has 0 saturated carbocycles. The smallest absolute Gasteiger partial charge is 0.176 e. The number of nitrogens with zero attached hydrogens (tertiary/aromatic N) is 7. The van der Waals surface area contributed by atoms with Crippen LogP contribution in [0.15, 0.2) is 24.4 Å². The Morgan fingerprint density at radius 1 is 1.03 bits per heavy atom. The summed E-state index contributed by atoms with van der Waals surface area (Å²) in [7, 11) is 2.18. The van der Waals surface area contributed by atoms with Crippen LogP contribution in [0.3, 0.4) is 0 Å². The van der Waals surface area contributed by atoms with Crippen molar-refractivity contribution in [3.8, 4) is 11.4 Å². The monoisotopic (exact) mass is 450 g/mol. The fourth-order valence-electron chi connectivity index (χ4n) is 4.32. The maximum absolute atomic E-state index is 5.58. The van der Waals surface area contributed by atoms with Gasteiger partial charge < -0.3 is 14.5 Å². The first-order valence-electron chi connectivity index (χ1n) is 11.1. The van der Waals surface area contributed by atoms with E-state index < -0.39 is 0 Å². The van der Waals surface area contributed by atoms with E-state index in [1.807, 2.05) is 18.3 Å². The second-order valence-corrected chi connectivity index (χ2v) is 9.57. The number of anilines is 1. The Kier molecular flexibility index (Phi) is 5.22. The average Bonchev–Trinajstić information content (AvgIpc) is 3.46. The molecule has 2 aliphatic rings. The van der Waals surface area contributed by atoms with Gasteiger partial charge in [0.25, 0.3) is 0 Å². The third kappa shape index (κ3) is 3.83. The Hall–Kier alpha value is -2.66. The number of likely N-dealkylation sites (N-methyl/N-ethyl adjacent to an activating group) is 1. The second kappa shape index (κ2) is 8.36. The number of nitrogens with one attached hydrogen (secondary N) is 1. The zero-order valence-electron chi connectivity index (χ0n) is 18.1. The van der Waals surface area contributed by atoms with Crippen molar-refractivity contribution in [2.45, 2.75) is 6.54 Å². The van der Waals surface area contributed by atoms with Gasteiger partial charge in [0.05, 0.1) is 31.5 Å². The van der Waals surface area contributed by atoms with E-state index >= 15 is 0 Å². The number of aromatic amines is 1. The van der Waals surface area contributed by atoms with E-state index in [0.717, 1.165) is 96.7 Å². The Morgan fingerprint density at radius 3 is 2.72 bits per heavy atom. The number of benzene rings is 1. The molecule has 0 unspecified atom stereocenters. The van der Waals surface area contributed by atoms with Crippen LogP contribution in [0.1, 0.15) is 5.01 Å². The number of rotatable bonds is 4. The largest absolute Gasteiger partial charge is 0.378 e. The number of piperazine rings is 1. The maximum atomic E-state index is 5.58. The predicted octanol–water partition coefficient (Wildman–Crippen LogP) is 2.21. The summed E-state index contributed by atoms with van der Waals surface area (Å²) in [5.41, 5.74) is 2.77. The number of thiazole rings is 1. The van der Waals surface area contributed by atoms with Gasteiger partial charge in [0.2, 0.25) is 0 Å². The van der Waals surface area contributed by atoms with Gasteiger partial charge in [0.15, 0.2) is 17.3 Å². The molecule has 0 amide bonds. The van der Waals surface area contributed by atoms with Gasteiger partial charge in [0.1, 0.15) is 9.71 Å². The molecule has 2 fully saturated rings. The van der Waals surface area contributed by atoms with Crippen molar-refractivity contribution >= 4 is 38.4 Å². The molecule has 9 nitrogen and oxygen atoms in total. The molecule has 32 heavy (non-hydrogen) atoms. The molecule has 1 N–H and O–H groups in total. The van der Waals surface area contributed by atoms with Crippen molar-refractivity contribution < 1.29 is 4.74 Å². The molecule has 0 atom stereocenters. The second-order valence-electron chi connectivity index (χ2n) is 8.48. The SMILES string of the molecule is CN1CCN(Cc2nc3nc(-c4ccc5[nH]ncc5c4)nc(N4CCOCC4)c3s2)CC1. The molecule has 2 saturated heterocycles. The van der Waals surface area contributed by atoms with Crippen molar-refractivity contribution in [3.63, 3.8) is 0 Å². The lowest BCUT2D eigenvalue weighted by atomic mass is 10.1. The number of ether oxygens (including phenoxy) is 1. The lowest BCUT2D eigenvalue weighted by Crippen LogP contribution is -2.43. The summed E-state index contributed by atoms with van der Waals surface area (Å²) in [5.74, 6) is 1.68. The van der Waals surface area contributed by atoms with Gasteiger partial charge in [-0.3, -0.25) is 10.00 Å². The Morgan fingerprint density at radius 2 is 1.88 bits per heavy atom. The summed E-state index contributed by atoms with van der Waals surface area (Å²) in [6.07, 6.45) is 1.83. The van der Waals surface area contributed by atoms with E-state index in [0.29, 0.717) is 5.82 Å². The molecule has 6 rings (SSSR count). The number of morpholine rings is 1. The Bertz CT molecular complexity index is 1240. The van der Waals surface area contributed by atoms with Crippen LogP contribution in [0.2, 0.25) is 0 Å². The number of H-pyrrole nitrogens is 1. The minimum Gasteiger partial charge on any atom is -0.378 e. The molecular weight excluding hydrogens is 424 g/mol. The molecule has 166 valence electrons. The normalized spacial score (nSPS) is 18.7. The van der Waals surface area contributed by atoms with Gasteiger partial charge in [-0.25, -0.2) is 15.0 Å². The number of fused-ring (bicyclic) bond motifs is 2. The van der Waals surface area contributed by atoms with Crippen molar-refractivity contribution in [2.24, 2.45) is 0 Å². The molecule has 5 heterocycles. The molecule has 0 bridgehead atoms. The molecule has 2 aliphatic heterocycles. The van der Waals surface area contributed by atoms with Crippen LogP contribution in [0, 0.1) is 0 Å². The van der Waals surface area contributed by atoms with Crippen LogP contribution in [-0.4, -0.2) is 94.5 Å². The van der Waals surface area contributed by atoms with E-state index in [2.05, 4.69) is 38.0 Å². The molecule has 10 heteroatoms. The van der Waals surface area contributed by atoms with E-state index in [4.69, 9.17) is 19.7 Å². The minimum atomic E-state index is 0.707. The summed E-state index contributed by atoms with van der Waals surface area (Å²) >= 11 is 1.73. The van der Waals surface area contributed by atoms with E-state index in [9.17, 15) is 0 Å². The van der Waals surface area contributed by atoms with Crippen molar-refractivity contribution in [1.29, 1.82) is 0 Å². The summed E-state index contributed by atoms with van der Waals surface area (Å²) in [5, 5.41) is 9.30. The number of hydrogen-bond donors (Lipinski definition) is 1. The summed E-state index contributed by atoms with van der Waals surface area (Å²) < 4.78 is 6.66. The molecular formula is C22H26N8OS. The third-order valence-corrected chi connectivity index (χ3v) is 7.27. The highest BCUT2D eigenvalue weighted by molar-refractivity contribution is 7.19. The van der Waals surface area contributed by atoms with Crippen LogP contribution in [0.5, 0.6) is 0 Å². The zero-order chi connectivity index (χ0) is 21.5. The highest BCUT2D eigenvalue weighted by Gasteiger charge is 2.22. The van der Waals surface area contributed by atoms with Crippen molar-refractivity contribution in [3.05, 3.63) is 29.4 Å². The molecule has 1 aromatic carbocycles. The summed E-state index contributed by atoms with van der Waals surface area (Å²) in [6, 6.07) is 6.16. The third-order valence-electron chi connectivity index (χ3n) is 6.24. The quantitative estimate of drug-likeness (QED) is 0.507. The fourth-order valence-corrected chi connectivity index (χ4v) is 5.38. The topological polar surface area (TPSA) is 86.3 Å². The maximum Gasteiger partial charge on any atom is 0.176 e. The van der Waals surface area contributed by atoms with Crippen LogP contribution in [-0.2, 0) is 11.3 Å². The van der Waals surface area contributed by atoms with Crippen LogP contribution >= 0.6 is 11.3 Å². The first kappa shape index (κ1) is 20.0. The van der Waals surface area contributed by atoms with Gasteiger partial charge >= 0.3 is 0 Å². The molecule has 0 spiro atoms. The number of hydrogen-bond acceptors (Lipinski definition) is 9. The van der Waals surface area contributed by atoms with E-state index in [1.165, 1.54) is 0 Å². The molecule has 0 aliphatic carbocycles. The highest BCUT2D eigenvalue weighted by atomic mass is 32.1. The molecule has 0 radical (unpaired) electrons. The Balaban J connectivity index is 1.40. The summed E-state index contributed by atoms with van der Waals surface area (Å²) in [4.78, 5) is 22.0.